The zero-order chi connectivity index (χ0) is 14.7. The predicted octanol–water partition coefficient (Wildman–Crippen LogP) is 2.80. The van der Waals surface area contributed by atoms with Crippen LogP contribution in [0, 0.1) is 19.8 Å². The molecule has 0 bridgehead atoms. The minimum atomic E-state index is -1.05. The molecule has 0 aliphatic carbocycles. The van der Waals surface area contributed by atoms with Gasteiger partial charge in [-0.3, -0.25) is 4.79 Å². The maximum absolute atomic E-state index is 12.1. The maximum Gasteiger partial charge on any atom is 0.326 e. The lowest BCUT2D eigenvalue weighted by atomic mass is 10.0. The quantitative estimate of drug-likeness (QED) is 0.893. The molecule has 1 rings (SSSR count). The summed E-state index contributed by atoms with van der Waals surface area (Å²) in [5.74, 6) is -1.72. The zero-order valence-corrected chi connectivity index (χ0v) is 12.2. The number of carbonyl (C=O) groups is 2. The molecule has 0 spiro atoms. The molecule has 0 aliphatic heterocycles. The maximum atomic E-state index is 12.1. The van der Waals surface area contributed by atoms with Crippen LogP contribution in [0.2, 0.25) is 5.02 Å². The van der Waals surface area contributed by atoms with Crippen molar-refractivity contribution in [1.82, 2.24) is 5.32 Å². The lowest BCUT2D eigenvalue weighted by molar-refractivity contribution is -0.140. The van der Waals surface area contributed by atoms with Crippen LogP contribution >= 0.6 is 11.6 Å². The molecule has 4 nitrogen and oxygen atoms in total. The van der Waals surface area contributed by atoms with Gasteiger partial charge in [-0.05, 0) is 43.0 Å². The molecule has 0 saturated heterocycles. The SMILES string of the molecule is Cc1cc(Cl)c(C(=O)N[C@H](C(=O)O)C(C)C)cc1C. The van der Waals surface area contributed by atoms with Crippen LogP contribution in [-0.2, 0) is 4.79 Å². The fourth-order valence-corrected chi connectivity index (χ4v) is 1.99. The van der Waals surface area contributed by atoms with Crippen LogP contribution in [0.4, 0.5) is 0 Å². The Labute approximate surface area is 117 Å². The number of hydrogen-bond acceptors (Lipinski definition) is 2. The number of carbonyl (C=O) groups excluding carboxylic acids is 1. The van der Waals surface area contributed by atoms with Crippen molar-refractivity contribution in [3.63, 3.8) is 0 Å². The van der Waals surface area contributed by atoms with Crippen LogP contribution < -0.4 is 5.32 Å². The molecular formula is C14H18ClNO3. The Morgan fingerprint density at radius 2 is 1.74 bits per heavy atom. The van der Waals surface area contributed by atoms with Gasteiger partial charge in [0.05, 0.1) is 10.6 Å². The summed E-state index contributed by atoms with van der Waals surface area (Å²) in [6.45, 7) is 7.25. The monoisotopic (exact) mass is 283 g/mol. The third kappa shape index (κ3) is 3.70. The number of carboxylic acid groups (broad SMARTS) is 1. The molecule has 5 heteroatoms. The van der Waals surface area contributed by atoms with Crippen LogP contribution in [0.3, 0.4) is 0 Å². The van der Waals surface area contributed by atoms with Crippen LogP contribution in [-0.4, -0.2) is 23.0 Å². The van der Waals surface area contributed by atoms with E-state index in [4.69, 9.17) is 16.7 Å². The minimum Gasteiger partial charge on any atom is -0.480 e. The van der Waals surface area contributed by atoms with Gasteiger partial charge in [-0.1, -0.05) is 25.4 Å². The van der Waals surface area contributed by atoms with Gasteiger partial charge in [-0.2, -0.15) is 0 Å². The minimum absolute atomic E-state index is 0.202. The highest BCUT2D eigenvalue weighted by atomic mass is 35.5. The third-order valence-corrected chi connectivity index (χ3v) is 3.36. The van der Waals surface area contributed by atoms with Crippen molar-refractivity contribution in [2.24, 2.45) is 5.92 Å². The molecule has 0 aliphatic rings. The Morgan fingerprint density at radius 1 is 1.21 bits per heavy atom. The van der Waals surface area contributed by atoms with Crippen LogP contribution in [0.25, 0.3) is 0 Å². The first-order valence-corrected chi connectivity index (χ1v) is 6.42. The van der Waals surface area contributed by atoms with E-state index in [0.29, 0.717) is 10.6 Å². The van der Waals surface area contributed by atoms with Gasteiger partial charge in [0.15, 0.2) is 0 Å². The van der Waals surface area contributed by atoms with Crippen LogP contribution in [0.1, 0.15) is 35.3 Å². The Balaban J connectivity index is 3.01. The molecule has 1 aromatic carbocycles. The Morgan fingerprint density at radius 3 is 2.21 bits per heavy atom. The second-order valence-electron chi connectivity index (χ2n) is 4.95. The highest BCUT2D eigenvalue weighted by Gasteiger charge is 2.24. The molecule has 1 aromatic rings. The van der Waals surface area contributed by atoms with Crippen molar-refractivity contribution in [3.05, 3.63) is 33.8 Å². The van der Waals surface area contributed by atoms with E-state index in [1.807, 2.05) is 13.8 Å². The normalized spacial score (nSPS) is 12.3. The number of nitrogens with one attached hydrogen (secondary N) is 1. The standard InChI is InChI=1S/C14H18ClNO3/c1-7(2)12(14(18)19)16-13(17)10-5-8(3)9(4)6-11(10)15/h5-7,12H,1-4H3,(H,16,17)(H,18,19)/t12-/m0/s1. The lowest BCUT2D eigenvalue weighted by Gasteiger charge is -2.18. The molecule has 0 radical (unpaired) electrons. The highest BCUT2D eigenvalue weighted by molar-refractivity contribution is 6.34. The molecule has 1 atom stereocenters. The molecule has 19 heavy (non-hydrogen) atoms. The molecule has 0 saturated carbocycles. The van der Waals surface area contributed by atoms with E-state index in [9.17, 15) is 9.59 Å². The topological polar surface area (TPSA) is 66.4 Å². The lowest BCUT2D eigenvalue weighted by Crippen LogP contribution is -2.44. The van der Waals surface area contributed by atoms with E-state index < -0.39 is 17.9 Å². The van der Waals surface area contributed by atoms with Crippen molar-refractivity contribution >= 4 is 23.5 Å². The first-order chi connectivity index (χ1) is 8.73. The second-order valence-corrected chi connectivity index (χ2v) is 5.36. The van der Waals surface area contributed by atoms with E-state index in [1.165, 1.54) is 0 Å². The Kier molecular flexibility index (Phi) is 4.95. The van der Waals surface area contributed by atoms with Gasteiger partial charge in [0, 0.05) is 0 Å². The summed E-state index contributed by atoms with van der Waals surface area (Å²) in [7, 11) is 0. The van der Waals surface area contributed by atoms with E-state index in [2.05, 4.69) is 5.32 Å². The van der Waals surface area contributed by atoms with E-state index in [-0.39, 0.29) is 5.92 Å². The summed E-state index contributed by atoms with van der Waals surface area (Å²) in [4.78, 5) is 23.2. The predicted molar refractivity (Wildman–Crippen MR) is 74.7 cm³/mol. The van der Waals surface area contributed by atoms with Gasteiger partial charge in [-0.25, -0.2) is 4.79 Å². The molecule has 1 amide bonds. The second kappa shape index (κ2) is 6.06. The van der Waals surface area contributed by atoms with Crippen molar-refractivity contribution in [1.29, 1.82) is 0 Å². The number of halogens is 1. The van der Waals surface area contributed by atoms with Crippen molar-refractivity contribution in [2.45, 2.75) is 33.7 Å². The number of carboxylic acids is 1. The highest BCUT2D eigenvalue weighted by Crippen LogP contribution is 2.21. The molecule has 0 unspecified atom stereocenters. The van der Waals surface area contributed by atoms with Crippen LogP contribution in [0.5, 0.6) is 0 Å². The number of aliphatic carboxylic acids is 1. The van der Waals surface area contributed by atoms with Gasteiger partial charge in [0.1, 0.15) is 6.04 Å². The van der Waals surface area contributed by atoms with E-state index in [0.717, 1.165) is 11.1 Å². The fraction of sp³-hybridized carbons (Fsp3) is 0.429. The summed E-state index contributed by atoms with van der Waals surface area (Å²) in [6, 6.07) is 2.45. The molecule has 104 valence electrons. The van der Waals surface area contributed by atoms with E-state index in [1.54, 1.807) is 26.0 Å². The molecule has 0 aromatic heterocycles. The van der Waals surface area contributed by atoms with E-state index >= 15 is 0 Å². The average Bonchev–Trinajstić information content (AvgIpc) is 2.29. The van der Waals surface area contributed by atoms with Gasteiger partial charge >= 0.3 is 5.97 Å². The Bertz CT molecular complexity index is 512. The number of rotatable bonds is 4. The smallest absolute Gasteiger partial charge is 0.326 e. The number of hydrogen-bond donors (Lipinski definition) is 2. The summed E-state index contributed by atoms with van der Waals surface area (Å²) in [5.41, 5.74) is 2.22. The summed E-state index contributed by atoms with van der Waals surface area (Å²) in [5, 5.41) is 11.9. The molecule has 2 N–H and O–H groups in total. The molecule has 0 fully saturated rings. The summed E-state index contributed by atoms with van der Waals surface area (Å²) < 4.78 is 0. The van der Waals surface area contributed by atoms with Gasteiger partial charge < -0.3 is 10.4 Å². The largest absolute Gasteiger partial charge is 0.480 e. The summed E-state index contributed by atoms with van der Waals surface area (Å²) >= 11 is 6.03. The van der Waals surface area contributed by atoms with Crippen molar-refractivity contribution in [2.75, 3.05) is 0 Å². The number of aryl methyl sites for hydroxylation is 2. The van der Waals surface area contributed by atoms with Gasteiger partial charge in [0.2, 0.25) is 0 Å². The first kappa shape index (κ1) is 15.5. The Hall–Kier alpha value is -1.55. The van der Waals surface area contributed by atoms with Crippen LogP contribution in [0.15, 0.2) is 12.1 Å². The summed E-state index contributed by atoms with van der Waals surface area (Å²) in [6.07, 6.45) is 0. The fourth-order valence-electron chi connectivity index (χ4n) is 1.69. The van der Waals surface area contributed by atoms with Crippen molar-refractivity contribution in [3.8, 4) is 0 Å². The van der Waals surface area contributed by atoms with Crippen molar-refractivity contribution < 1.29 is 14.7 Å². The zero-order valence-electron chi connectivity index (χ0n) is 11.5. The van der Waals surface area contributed by atoms with Gasteiger partial charge in [-0.15, -0.1) is 0 Å². The number of benzene rings is 1. The average molecular weight is 284 g/mol. The first-order valence-electron chi connectivity index (χ1n) is 6.04. The third-order valence-electron chi connectivity index (χ3n) is 3.05. The molecular weight excluding hydrogens is 266 g/mol. The number of amides is 1. The molecule has 0 heterocycles. The van der Waals surface area contributed by atoms with Gasteiger partial charge in [0.25, 0.3) is 5.91 Å².